The highest BCUT2D eigenvalue weighted by atomic mass is 35.5. The molecule has 0 nitrogen and oxygen atoms in total. The van der Waals surface area contributed by atoms with Crippen LogP contribution in [0.1, 0.15) is 15.8 Å². The Morgan fingerprint density at radius 3 is 2.67 bits per heavy atom. The van der Waals surface area contributed by atoms with Gasteiger partial charge in [-0.2, -0.15) is 0 Å². The standard InChI is InChI=1S/C10H7Cl3S2/c11-8(4-6-2-1-3-14-6)7-5-9(12)15-10(7)13/h1-3,5,8H,4H2. The largest absolute Gasteiger partial charge is 0.149 e. The maximum Gasteiger partial charge on any atom is 0.0991 e. The van der Waals surface area contributed by atoms with Gasteiger partial charge in [-0.25, -0.2) is 0 Å². The molecule has 1 atom stereocenters. The van der Waals surface area contributed by atoms with Crippen LogP contribution in [0.3, 0.4) is 0 Å². The van der Waals surface area contributed by atoms with Crippen molar-refractivity contribution in [2.24, 2.45) is 0 Å². The lowest BCUT2D eigenvalue weighted by Gasteiger charge is -2.06. The quantitative estimate of drug-likeness (QED) is 0.643. The maximum atomic E-state index is 6.29. The first-order valence-electron chi connectivity index (χ1n) is 4.28. The zero-order chi connectivity index (χ0) is 10.8. The Hall–Kier alpha value is 0.270. The summed E-state index contributed by atoms with van der Waals surface area (Å²) in [4.78, 5) is 1.26. The van der Waals surface area contributed by atoms with Crippen LogP contribution in [-0.4, -0.2) is 0 Å². The molecular weight excluding hydrogens is 291 g/mol. The molecule has 0 fully saturated rings. The van der Waals surface area contributed by atoms with Crippen molar-refractivity contribution in [3.05, 3.63) is 42.7 Å². The Bertz CT molecular complexity index is 433. The van der Waals surface area contributed by atoms with E-state index in [0.29, 0.717) is 8.67 Å². The van der Waals surface area contributed by atoms with Crippen molar-refractivity contribution in [2.45, 2.75) is 11.8 Å². The van der Waals surface area contributed by atoms with Crippen LogP contribution in [-0.2, 0) is 6.42 Å². The van der Waals surface area contributed by atoms with Crippen LogP contribution in [0.4, 0.5) is 0 Å². The van der Waals surface area contributed by atoms with Crippen LogP contribution in [0.25, 0.3) is 0 Å². The average Bonchev–Trinajstić information content (AvgIpc) is 2.75. The van der Waals surface area contributed by atoms with E-state index in [9.17, 15) is 0 Å². The van der Waals surface area contributed by atoms with E-state index in [2.05, 4.69) is 6.07 Å². The third kappa shape index (κ3) is 2.89. The van der Waals surface area contributed by atoms with Crippen molar-refractivity contribution in [3.63, 3.8) is 0 Å². The number of rotatable bonds is 3. The molecule has 0 aliphatic carbocycles. The maximum absolute atomic E-state index is 6.29. The van der Waals surface area contributed by atoms with Gasteiger partial charge in [0, 0.05) is 16.9 Å². The lowest BCUT2D eigenvalue weighted by atomic mass is 10.1. The summed E-state index contributed by atoms with van der Waals surface area (Å²) in [6.07, 6.45) is 0.798. The minimum atomic E-state index is -0.0973. The Balaban J connectivity index is 2.14. The summed E-state index contributed by atoms with van der Waals surface area (Å²) in [7, 11) is 0. The van der Waals surface area contributed by atoms with Gasteiger partial charge in [0.2, 0.25) is 0 Å². The molecule has 0 saturated carbocycles. The summed E-state index contributed by atoms with van der Waals surface area (Å²) in [6, 6.07) is 5.94. The number of hydrogen-bond acceptors (Lipinski definition) is 2. The summed E-state index contributed by atoms with van der Waals surface area (Å²) in [5, 5.41) is 1.95. The number of alkyl halides is 1. The number of thiophene rings is 2. The molecule has 0 bridgehead atoms. The van der Waals surface area contributed by atoms with E-state index in [1.807, 2.05) is 17.5 Å². The minimum absolute atomic E-state index is 0.0973. The summed E-state index contributed by atoms with van der Waals surface area (Å²) < 4.78 is 1.38. The van der Waals surface area contributed by atoms with E-state index in [4.69, 9.17) is 34.8 Å². The summed E-state index contributed by atoms with van der Waals surface area (Å²) in [6.45, 7) is 0. The lowest BCUT2D eigenvalue weighted by molar-refractivity contribution is 0.944. The Morgan fingerprint density at radius 2 is 2.13 bits per heavy atom. The fraction of sp³-hybridized carbons (Fsp3) is 0.200. The normalized spacial score (nSPS) is 13.0. The first-order valence-corrected chi connectivity index (χ1v) is 7.17. The first kappa shape index (κ1) is 11.7. The van der Waals surface area contributed by atoms with E-state index in [0.717, 1.165) is 12.0 Å². The van der Waals surface area contributed by atoms with Gasteiger partial charge in [0.25, 0.3) is 0 Å². The van der Waals surface area contributed by atoms with Gasteiger partial charge in [-0.15, -0.1) is 34.3 Å². The summed E-state index contributed by atoms with van der Waals surface area (Å²) >= 11 is 21.3. The van der Waals surface area contributed by atoms with Gasteiger partial charge in [0.15, 0.2) is 0 Å². The highest BCUT2D eigenvalue weighted by molar-refractivity contribution is 7.20. The average molecular weight is 298 g/mol. The highest BCUT2D eigenvalue weighted by Crippen LogP contribution is 2.39. The zero-order valence-corrected chi connectivity index (χ0v) is 11.4. The highest BCUT2D eigenvalue weighted by Gasteiger charge is 2.16. The lowest BCUT2D eigenvalue weighted by Crippen LogP contribution is -1.92. The molecule has 0 aliphatic rings. The van der Waals surface area contributed by atoms with E-state index in [-0.39, 0.29) is 5.38 Å². The second-order valence-electron chi connectivity index (χ2n) is 3.03. The Morgan fingerprint density at radius 1 is 1.33 bits per heavy atom. The molecular formula is C10H7Cl3S2. The third-order valence-electron chi connectivity index (χ3n) is 1.98. The summed E-state index contributed by atoms with van der Waals surface area (Å²) in [5.74, 6) is 0. The van der Waals surface area contributed by atoms with E-state index in [1.54, 1.807) is 11.3 Å². The van der Waals surface area contributed by atoms with Gasteiger partial charge >= 0.3 is 0 Å². The smallest absolute Gasteiger partial charge is 0.0991 e. The fourth-order valence-electron chi connectivity index (χ4n) is 1.28. The second-order valence-corrected chi connectivity index (χ2v) is 6.88. The van der Waals surface area contributed by atoms with Crippen molar-refractivity contribution in [3.8, 4) is 0 Å². The molecule has 0 radical (unpaired) electrons. The van der Waals surface area contributed by atoms with Crippen molar-refractivity contribution in [1.29, 1.82) is 0 Å². The van der Waals surface area contributed by atoms with Crippen LogP contribution >= 0.6 is 57.5 Å². The molecule has 2 rings (SSSR count). The predicted molar refractivity (Wildman–Crippen MR) is 71.0 cm³/mol. The Labute approximate surface area is 111 Å². The molecule has 2 aromatic rings. The van der Waals surface area contributed by atoms with E-state index >= 15 is 0 Å². The molecule has 5 heteroatoms. The second kappa shape index (κ2) is 5.07. The molecule has 2 heterocycles. The van der Waals surface area contributed by atoms with E-state index in [1.165, 1.54) is 16.2 Å². The van der Waals surface area contributed by atoms with Gasteiger partial charge in [-0.05, 0) is 17.5 Å². The van der Waals surface area contributed by atoms with Crippen molar-refractivity contribution >= 4 is 57.5 Å². The van der Waals surface area contributed by atoms with Crippen molar-refractivity contribution < 1.29 is 0 Å². The van der Waals surface area contributed by atoms with E-state index < -0.39 is 0 Å². The van der Waals surface area contributed by atoms with Crippen molar-refractivity contribution in [2.75, 3.05) is 0 Å². The van der Waals surface area contributed by atoms with Crippen LogP contribution in [0, 0.1) is 0 Å². The number of hydrogen-bond donors (Lipinski definition) is 0. The SMILES string of the molecule is Clc1cc(C(Cl)Cc2cccs2)c(Cl)s1. The molecule has 80 valence electrons. The molecule has 0 saturated heterocycles. The molecule has 0 N–H and O–H groups in total. The van der Waals surface area contributed by atoms with Gasteiger partial charge in [-0.3, -0.25) is 0 Å². The Kier molecular flexibility index (Phi) is 3.97. The minimum Gasteiger partial charge on any atom is -0.149 e. The van der Waals surface area contributed by atoms with Crippen LogP contribution in [0.15, 0.2) is 23.6 Å². The predicted octanol–water partition coefficient (Wildman–Crippen LogP) is 5.64. The third-order valence-corrected chi connectivity index (χ3v) is 4.79. The van der Waals surface area contributed by atoms with Crippen LogP contribution in [0.2, 0.25) is 8.67 Å². The van der Waals surface area contributed by atoms with Gasteiger partial charge < -0.3 is 0 Å². The van der Waals surface area contributed by atoms with Crippen molar-refractivity contribution in [1.82, 2.24) is 0 Å². The van der Waals surface area contributed by atoms with Crippen LogP contribution in [0.5, 0.6) is 0 Å². The molecule has 0 amide bonds. The van der Waals surface area contributed by atoms with Crippen LogP contribution < -0.4 is 0 Å². The molecule has 0 aliphatic heterocycles. The number of halogens is 3. The van der Waals surface area contributed by atoms with Gasteiger partial charge in [-0.1, -0.05) is 29.3 Å². The van der Waals surface area contributed by atoms with Gasteiger partial charge in [0.1, 0.15) is 0 Å². The van der Waals surface area contributed by atoms with Gasteiger partial charge in [0.05, 0.1) is 14.0 Å². The summed E-state index contributed by atoms with van der Waals surface area (Å²) in [5.41, 5.74) is 0.932. The zero-order valence-electron chi connectivity index (χ0n) is 7.54. The molecule has 1 unspecified atom stereocenters. The monoisotopic (exact) mass is 296 g/mol. The molecule has 2 aromatic heterocycles. The fourth-order valence-corrected chi connectivity index (χ4v) is 4.16. The first-order chi connectivity index (χ1) is 7.16. The molecule has 0 aromatic carbocycles. The molecule has 15 heavy (non-hydrogen) atoms. The topological polar surface area (TPSA) is 0 Å². The molecule has 0 spiro atoms.